The van der Waals surface area contributed by atoms with Gasteiger partial charge in [-0.3, -0.25) is 0 Å². The Kier molecular flexibility index (Phi) is 2.39. The van der Waals surface area contributed by atoms with Crippen LogP contribution < -0.4 is 14.8 Å². The second-order valence-corrected chi connectivity index (χ2v) is 6.33. The lowest BCUT2D eigenvalue weighted by Gasteiger charge is -2.35. The van der Waals surface area contributed by atoms with Crippen LogP contribution in [0.4, 0.5) is 0 Å². The topological polar surface area (TPSA) is 30.5 Å². The summed E-state index contributed by atoms with van der Waals surface area (Å²) in [5.74, 6) is 2.09. The maximum Gasteiger partial charge on any atom is 0.251 e. The first kappa shape index (κ1) is 11.1. The molecule has 2 heterocycles. The molecule has 96 valence electrons. The van der Waals surface area contributed by atoms with E-state index in [0.717, 1.165) is 41.9 Å². The van der Waals surface area contributed by atoms with Gasteiger partial charge in [-0.25, -0.2) is 0 Å². The molecule has 1 atom stereocenters. The molecule has 2 aliphatic heterocycles. The maximum atomic E-state index is 6.02. The first-order chi connectivity index (χ1) is 8.76. The maximum absolute atomic E-state index is 6.02. The van der Waals surface area contributed by atoms with E-state index >= 15 is 0 Å². The smallest absolute Gasteiger partial charge is 0.251 e. The number of fused-ring (bicyclic) bond motifs is 1. The van der Waals surface area contributed by atoms with Gasteiger partial charge in [-0.15, -0.1) is 0 Å². The summed E-state index contributed by atoms with van der Waals surface area (Å²) in [6, 6.07) is 4.25. The summed E-state index contributed by atoms with van der Waals surface area (Å²) >= 11 is 3.67. The quantitative estimate of drug-likeness (QED) is 0.864. The van der Waals surface area contributed by atoms with Crippen LogP contribution in [0.1, 0.15) is 37.2 Å². The third-order valence-corrected chi connectivity index (χ3v) is 4.96. The summed E-state index contributed by atoms with van der Waals surface area (Å²) in [7, 11) is 0. The highest BCUT2D eigenvalue weighted by Gasteiger charge is 2.47. The number of benzene rings is 1. The van der Waals surface area contributed by atoms with Crippen LogP contribution in [0.3, 0.4) is 0 Å². The van der Waals surface area contributed by atoms with E-state index in [2.05, 4.69) is 33.4 Å². The summed E-state index contributed by atoms with van der Waals surface area (Å²) in [4.78, 5) is 0. The number of rotatable bonds is 1. The molecular weight excluding hydrogens is 294 g/mol. The van der Waals surface area contributed by atoms with E-state index in [0.29, 0.717) is 5.92 Å². The molecule has 1 saturated carbocycles. The van der Waals surface area contributed by atoms with Crippen molar-refractivity contribution in [2.45, 2.75) is 37.4 Å². The van der Waals surface area contributed by atoms with Crippen molar-refractivity contribution in [1.29, 1.82) is 0 Å². The van der Waals surface area contributed by atoms with E-state index in [1.807, 2.05) is 0 Å². The molecule has 4 heteroatoms. The average Bonchev–Trinajstić information content (AvgIpc) is 2.92. The van der Waals surface area contributed by atoms with Crippen LogP contribution in [-0.4, -0.2) is 18.9 Å². The van der Waals surface area contributed by atoms with Gasteiger partial charge in [-0.1, -0.05) is 15.9 Å². The predicted octanol–water partition coefficient (Wildman–Crippen LogP) is 3.18. The second-order valence-electron chi connectivity index (χ2n) is 5.48. The molecule has 2 fully saturated rings. The summed E-state index contributed by atoms with van der Waals surface area (Å²) in [5, 5.41) is 3.41. The van der Waals surface area contributed by atoms with E-state index in [9.17, 15) is 0 Å². The van der Waals surface area contributed by atoms with Crippen molar-refractivity contribution in [3.8, 4) is 11.5 Å². The molecule has 3 nitrogen and oxygen atoms in total. The number of halogens is 1. The Labute approximate surface area is 115 Å². The average molecular weight is 310 g/mol. The second kappa shape index (κ2) is 3.87. The zero-order valence-electron chi connectivity index (χ0n) is 10.2. The zero-order chi connectivity index (χ0) is 12.2. The van der Waals surface area contributed by atoms with E-state index in [1.165, 1.54) is 18.4 Å². The number of hydrogen-bond donors (Lipinski definition) is 1. The summed E-state index contributed by atoms with van der Waals surface area (Å²) in [6.45, 7) is 2.17. The van der Waals surface area contributed by atoms with E-state index in [1.54, 1.807) is 0 Å². The van der Waals surface area contributed by atoms with E-state index in [4.69, 9.17) is 9.47 Å². The molecule has 1 N–H and O–H groups in total. The van der Waals surface area contributed by atoms with Crippen LogP contribution >= 0.6 is 15.9 Å². The SMILES string of the molecule is Brc1cc2c(cc1C1CCNC1)OC1(CCC1)O2. The Bertz CT molecular complexity index is 493. The van der Waals surface area contributed by atoms with Crippen molar-refractivity contribution < 1.29 is 9.47 Å². The molecule has 18 heavy (non-hydrogen) atoms. The summed E-state index contributed by atoms with van der Waals surface area (Å²) < 4.78 is 13.1. The third kappa shape index (κ3) is 1.58. The van der Waals surface area contributed by atoms with E-state index < -0.39 is 0 Å². The minimum atomic E-state index is -0.325. The van der Waals surface area contributed by atoms with Gasteiger partial charge in [0.2, 0.25) is 0 Å². The Hall–Kier alpha value is -0.740. The summed E-state index contributed by atoms with van der Waals surface area (Å²) in [5.41, 5.74) is 1.35. The fourth-order valence-electron chi connectivity index (χ4n) is 3.03. The standard InChI is InChI=1S/C14H16BrNO2/c15-11-7-13-12(17-14(18-13)3-1-4-14)6-10(11)9-2-5-16-8-9/h6-7,9,16H,1-5,8H2. The molecular formula is C14H16BrNO2. The van der Waals surface area contributed by atoms with Crippen molar-refractivity contribution in [3.63, 3.8) is 0 Å². The minimum absolute atomic E-state index is 0.325. The lowest BCUT2D eigenvalue weighted by Crippen LogP contribution is -2.45. The molecule has 1 aliphatic carbocycles. The molecule has 4 rings (SSSR count). The molecule has 1 unspecified atom stereocenters. The van der Waals surface area contributed by atoms with Crippen LogP contribution in [0.2, 0.25) is 0 Å². The minimum Gasteiger partial charge on any atom is -0.448 e. The van der Waals surface area contributed by atoms with Crippen molar-refractivity contribution in [3.05, 3.63) is 22.2 Å². The highest BCUT2D eigenvalue weighted by Crippen LogP contribution is 2.50. The van der Waals surface area contributed by atoms with E-state index in [-0.39, 0.29) is 5.79 Å². The zero-order valence-corrected chi connectivity index (χ0v) is 11.8. The normalized spacial score (nSPS) is 27.5. The molecule has 0 radical (unpaired) electrons. The molecule has 1 spiro atoms. The lowest BCUT2D eigenvalue weighted by molar-refractivity contribution is -0.138. The number of ether oxygens (including phenoxy) is 2. The van der Waals surface area contributed by atoms with Gasteiger partial charge < -0.3 is 14.8 Å². The molecule has 1 aromatic rings. The van der Waals surface area contributed by atoms with Crippen molar-refractivity contribution in [2.75, 3.05) is 13.1 Å². The van der Waals surface area contributed by atoms with Crippen molar-refractivity contribution in [1.82, 2.24) is 5.32 Å². The third-order valence-electron chi connectivity index (χ3n) is 4.27. The fourth-order valence-corrected chi connectivity index (χ4v) is 3.68. The molecule has 0 bridgehead atoms. The largest absolute Gasteiger partial charge is 0.448 e. The number of hydrogen-bond acceptors (Lipinski definition) is 3. The van der Waals surface area contributed by atoms with Crippen molar-refractivity contribution >= 4 is 15.9 Å². The van der Waals surface area contributed by atoms with Gasteiger partial charge in [0.05, 0.1) is 0 Å². The first-order valence-corrected chi connectivity index (χ1v) is 7.47. The van der Waals surface area contributed by atoms with Gasteiger partial charge in [0.25, 0.3) is 5.79 Å². The summed E-state index contributed by atoms with van der Waals surface area (Å²) in [6.07, 6.45) is 4.43. The van der Waals surface area contributed by atoms with Crippen LogP contribution in [0, 0.1) is 0 Å². The molecule has 0 amide bonds. The highest BCUT2D eigenvalue weighted by molar-refractivity contribution is 9.10. The van der Waals surface area contributed by atoms with Gasteiger partial charge in [0.1, 0.15) is 0 Å². The van der Waals surface area contributed by atoms with Crippen molar-refractivity contribution in [2.24, 2.45) is 0 Å². The van der Waals surface area contributed by atoms with Gasteiger partial charge in [-0.05, 0) is 43.0 Å². The molecule has 3 aliphatic rings. The molecule has 1 aromatic carbocycles. The first-order valence-electron chi connectivity index (χ1n) is 6.68. The van der Waals surface area contributed by atoms with Crippen LogP contribution in [0.5, 0.6) is 11.5 Å². The fraction of sp³-hybridized carbons (Fsp3) is 0.571. The van der Waals surface area contributed by atoms with Gasteiger partial charge in [0, 0.05) is 23.9 Å². The Morgan fingerprint density at radius 2 is 2.00 bits per heavy atom. The Morgan fingerprint density at radius 3 is 2.61 bits per heavy atom. The molecule has 1 saturated heterocycles. The van der Waals surface area contributed by atoms with Crippen LogP contribution in [0.15, 0.2) is 16.6 Å². The highest BCUT2D eigenvalue weighted by atomic mass is 79.9. The van der Waals surface area contributed by atoms with Gasteiger partial charge in [0.15, 0.2) is 11.5 Å². The monoisotopic (exact) mass is 309 g/mol. The van der Waals surface area contributed by atoms with Crippen LogP contribution in [0.25, 0.3) is 0 Å². The lowest BCUT2D eigenvalue weighted by atomic mass is 9.91. The molecule has 0 aromatic heterocycles. The van der Waals surface area contributed by atoms with Crippen LogP contribution in [-0.2, 0) is 0 Å². The number of nitrogens with one attached hydrogen (secondary N) is 1. The van der Waals surface area contributed by atoms with Gasteiger partial charge in [-0.2, -0.15) is 0 Å². The van der Waals surface area contributed by atoms with Gasteiger partial charge >= 0.3 is 0 Å². The predicted molar refractivity (Wildman–Crippen MR) is 72.2 cm³/mol. The Balaban J connectivity index is 1.69. The Morgan fingerprint density at radius 1 is 1.22 bits per heavy atom.